The van der Waals surface area contributed by atoms with Crippen LogP contribution in [0.3, 0.4) is 0 Å². The molecule has 0 saturated heterocycles. The molecule has 0 unspecified atom stereocenters. The van der Waals surface area contributed by atoms with E-state index in [-0.39, 0.29) is 18.0 Å². The van der Waals surface area contributed by atoms with Gasteiger partial charge in [0.1, 0.15) is 0 Å². The molecule has 114 valence electrons. The highest BCUT2D eigenvalue weighted by molar-refractivity contribution is 5.91. The van der Waals surface area contributed by atoms with Crippen LogP contribution in [-0.4, -0.2) is 24.9 Å². The van der Waals surface area contributed by atoms with Crippen molar-refractivity contribution in [3.05, 3.63) is 41.5 Å². The van der Waals surface area contributed by atoms with E-state index < -0.39 is 17.6 Å². The molecule has 1 aromatic carbocycles. The fourth-order valence-corrected chi connectivity index (χ4v) is 1.47. The summed E-state index contributed by atoms with van der Waals surface area (Å²) < 4.78 is 37.5. The van der Waals surface area contributed by atoms with Gasteiger partial charge in [-0.25, -0.2) is 0 Å². The fourth-order valence-electron chi connectivity index (χ4n) is 1.47. The Morgan fingerprint density at radius 2 is 1.86 bits per heavy atom. The summed E-state index contributed by atoms with van der Waals surface area (Å²) in [5.74, 6) is -0.651. The molecule has 0 aliphatic carbocycles. The second kappa shape index (κ2) is 7.47. The molecule has 2 amide bonds. The molecule has 21 heavy (non-hydrogen) atoms. The first-order valence-electron chi connectivity index (χ1n) is 6.16. The van der Waals surface area contributed by atoms with Crippen molar-refractivity contribution in [2.75, 3.05) is 13.1 Å². The van der Waals surface area contributed by atoms with Gasteiger partial charge in [0.2, 0.25) is 11.8 Å². The predicted octanol–water partition coefficient (Wildman–Crippen LogP) is 1.97. The van der Waals surface area contributed by atoms with Crippen LogP contribution in [0.4, 0.5) is 13.2 Å². The van der Waals surface area contributed by atoms with Crippen molar-refractivity contribution >= 4 is 17.9 Å². The van der Waals surface area contributed by atoms with E-state index in [4.69, 9.17) is 0 Å². The summed E-state index contributed by atoms with van der Waals surface area (Å²) in [5.41, 5.74) is -0.488. The molecule has 1 rings (SSSR count). The summed E-state index contributed by atoms with van der Waals surface area (Å²) in [6.07, 6.45) is -1.98. The highest BCUT2D eigenvalue weighted by Crippen LogP contribution is 2.29. The first-order chi connectivity index (χ1) is 9.79. The fraction of sp³-hybridized carbons (Fsp3) is 0.286. The third kappa shape index (κ3) is 6.60. The van der Waals surface area contributed by atoms with Gasteiger partial charge in [0.25, 0.3) is 0 Å². The second-order valence-corrected chi connectivity index (χ2v) is 4.23. The molecule has 0 saturated carbocycles. The Labute approximate surface area is 120 Å². The van der Waals surface area contributed by atoms with Gasteiger partial charge < -0.3 is 10.6 Å². The SMILES string of the molecule is CC(=O)NCCNC(=O)C=Cc1cccc(C(F)(F)F)c1. The van der Waals surface area contributed by atoms with E-state index in [0.717, 1.165) is 18.2 Å². The minimum atomic E-state index is -4.41. The summed E-state index contributed by atoms with van der Waals surface area (Å²) in [4.78, 5) is 22.0. The van der Waals surface area contributed by atoms with Gasteiger partial charge in [0.15, 0.2) is 0 Å². The Balaban J connectivity index is 2.52. The molecule has 1 aromatic rings. The molecule has 0 aromatic heterocycles. The maximum Gasteiger partial charge on any atom is 0.416 e. The smallest absolute Gasteiger partial charge is 0.355 e. The van der Waals surface area contributed by atoms with Crippen LogP contribution in [0, 0.1) is 0 Å². The lowest BCUT2D eigenvalue weighted by atomic mass is 10.1. The van der Waals surface area contributed by atoms with Crippen LogP contribution < -0.4 is 10.6 Å². The Morgan fingerprint density at radius 1 is 1.19 bits per heavy atom. The van der Waals surface area contributed by atoms with E-state index in [1.54, 1.807) is 0 Å². The van der Waals surface area contributed by atoms with E-state index in [9.17, 15) is 22.8 Å². The molecule has 0 atom stereocenters. The van der Waals surface area contributed by atoms with Gasteiger partial charge in [-0.3, -0.25) is 9.59 Å². The molecule has 4 nitrogen and oxygen atoms in total. The van der Waals surface area contributed by atoms with Crippen molar-refractivity contribution in [2.45, 2.75) is 13.1 Å². The molecule has 0 aliphatic rings. The van der Waals surface area contributed by atoms with E-state index in [1.165, 1.54) is 25.1 Å². The lowest BCUT2D eigenvalue weighted by Crippen LogP contribution is -2.32. The predicted molar refractivity (Wildman–Crippen MR) is 72.2 cm³/mol. The minimum absolute atomic E-state index is 0.205. The van der Waals surface area contributed by atoms with Crippen molar-refractivity contribution in [3.8, 4) is 0 Å². The number of benzene rings is 1. The number of halogens is 3. The summed E-state index contributed by atoms with van der Waals surface area (Å²) in [7, 11) is 0. The lowest BCUT2D eigenvalue weighted by molar-refractivity contribution is -0.137. The van der Waals surface area contributed by atoms with Crippen LogP contribution in [0.5, 0.6) is 0 Å². The van der Waals surface area contributed by atoms with Gasteiger partial charge in [0, 0.05) is 26.1 Å². The van der Waals surface area contributed by atoms with Gasteiger partial charge >= 0.3 is 6.18 Å². The van der Waals surface area contributed by atoms with E-state index >= 15 is 0 Å². The zero-order chi connectivity index (χ0) is 15.9. The molecule has 0 heterocycles. The number of hydrogen-bond donors (Lipinski definition) is 2. The number of carbonyl (C=O) groups is 2. The van der Waals surface area contributed by atoms with E-state index in [0.29, 0.717) is 6.54 Å². The van der Waals surface area contributed by atoms with Gasteiger partial charge in [-0.2, -0.15) is 13.2 Å². The molecule has 0 spiro atoms. The maximum atomic E-state index is 12.5. The van der Waals surface area contributed by atoms with Crippen molar-refractivity contribution in [2.24, 2.45) is 0 Å². The topological polar surface area (TPSA) is 58.2 Å². The van der Waals surface area contributed by atoms with Crippen molar-refractivity contribution in [1.29, 1.82) is 0 Å². The number of carbonyl (C=O) groups excluding carboxylic acids is 2. The zero-order valence-corrected chi connectivity index (χ0v) is 11.3. The zero-order valence-electron chi connectivity index (χ0n) is 11.3. The van der Waals surface area contributed by atoms with Crippen LogP contribution in [0.25, 0.3) is 6.08 Å². The highest BCUT2D eigenvalue weighted by atomic mass is 19.4. The van der Waals surface area contributed by atoms with Crippen LogP contribution in [0.15, 0.2) is 30.3 Å². The van der Waals surface area contributed by atoms with Gasteiger partial charge in [0.05, 0.1) is 5.56 Å². The first-order valence-corrected chi connectivity index (χ1v) is 6.16. The van der Waals surface area contributed by atoms with Gasteiger partial charge in [-0.15, -0.1) is 0 Å². The monoisotopic (exact) mass is 300 g/mol. The van der Waals surface area contributed by atoms with Crippen molar-refractivity contribution in [3.63, 3.8) is 0 Å². The summed E-state index contributed by atoms with van der Waals surface area (Å²) in [5, 5.41) is 4.99. The van der Waals surface area contributed by atoms with Gasteiger partial charge in [-0.05, 0) is 23.8 Å². The van der Waals surface area contributed by atoms with Crippen LogP contribution in [0.1, 0.15) is 18.1 Å². The van der Waals surface area contributed by atoms with Gasteiger partial charge in [-0.1, -0.05) is 12.1 Å². The molecule has 0 fully saturated rings. The summed E-state index contributed by atoms with van der Waals surface area (Å²) >= 11 is 0. The third-order valence-corrected chi connectivity index (χ3v) is 2.44. The standard InChI is InChI=1S/C14H15F3N2O2/c1-10(20)18-7-8-19-13(21)6-5-11-3-2-4-12(9-11)14(15,16)17/h2-6,9H,7-8H2,1H3,(H,18,20)(H,19,21). The first kappa shape index (κ1) is 16.7. The number of hydrogen-bond acceptors (Lipinski definition) is 2. The average molecular weight is 300 g/mol. The van der Waals surface area contributed by atoms with Crippen LogP contribution in [-0.2, 0) is 15.8 Å². The molecule has 2 N–H and O–H groups in total. The maximum absolute atomic E-state index is 12.5. The molecule has 0 aliphatic heterocycles. The average Bonchev–Trinajstić information content (AvgIpc) is 2.40. The van der Waals surface area contributed by atoms with Crippen LogP contribution in [0.2, 0.25) is 0 Å². The molecular formula is C14H15F3N2O2. The second-order valence-electron chi connectivity index (χ2n) is 4.23. The van der Waals surface area contributed by atoms with Crippen molar-refractivity contribution in [1.82, 2.24) is 10.6 Å². The third-order valence-electron chi connectivity index (χ3n) is 2.44. The number of amides is 2. The Morgan fingerprint density at radius 3 is 2.48 bits per heavy atom. The molecule has 0 bridgehead atoms. The molecular weight excluding hydrogens is 285 g/mol. The Kier molecular flexibility index (Phi) is 5.95. The molecule has 7 heteroatoms. The van der Waals surface area contributed by atoms with Crippen LogP contribution >= 0.6 is 0 Å². The quantitative estimate of drug-likeness (QED) is 0.645. The number of rotatable bonds is 5. The number of alkyl halides is 3. The number of nitrogens with one attached hydrogen (secondary N) is 2. The van der Waals surface area contributed by atoms with E-state index in [2.05, 4.69) is 10.6 Å². The molecule has 0 radical (unpaired) electrons. The van der Waals surface area contributed by atoms with E-state index in [1.807, 2.05) is 0 Å². The lowest BCUT2D eigenvalue weighted by Gasteiger charge is -2.06. The summed E-state index contributed by atoms with van der Waals surface area (Å²) in [6.45, 7) is 1.89. The Bertz CT molecular complexity index is 539. The largest absolute Gasteiger partial charge is 0.416 e. The Hall–Kier alpha value is -2.31. The van der Waals surface area contributed by atoms with Crippen molar-refractivity contribution < 1.29 is 22.8 Å². The normalized spacial score (nSPS) is 11.4. The highest BCUT2D eigenvalue weighted by Gasteiger charge is 2.30. The minimum Gasteiger partial charge on any atom is -0.355 e. The summed E-state index contributed by atoms with van der Waals surface area (Å²) in [6, 6.07) is 4.67.